The number of esters is 2. The third kappa shape index (κ3) is 3.00. The number of carbonyl (C=O) groups excluding carboxylic acids is 2. The molecule has 2 rings (SSSR count). The summed E-state index contributed by atoms with van der Waals surface area (Å²) >= 11 is 0. The van der Waals surface area contributed by atoms with Crippen LogP contribution in [0.2, 0.25) is 0 Å². The van der Waals surface area contributed by atoms with Gasteiger partial charge in [0.15, 0.2) is 0 Å². The molecule has 0 aliphatic carbocycles. The van der Waals surface area contributed by atoms with E-state index in [2.05, 4.69) is 0 Å². The van der Waals surface area contributed by atoms with Gasteiger partial charge in [0, 0.05) is 5.56 Å². The lowest BCUT2D eigenvalue weighted by molar-refractivity contribution is -0.145. The number of hydrogen-bond acceptors (Lipinski definition) is 4. The van der Waals surface area contributed by atoms with Crippen molar-refractivity contribution in [3.05, 3.63) is 34.4 Å². The molecule has 0 radical (unpaired) electrons. The van der Waals surface area contributed by atoms with Crippen LogP contribution in [0.4, 0.5) is 0 Å². The van der Waals surface area contributed by atoms with Crippen molar-refractivity contribution in [1.82, 2.24) is 0 Å². The van der Waals surface area contributed by atoms with Crippen molar-refractivity contribution in [2.24, 2.45) is 0 Å². The van der Waals surface area contributed by atoms with E-state index in [1.54, 1.807) is 0 Å². The molecule has 1 aliphatic rings. The first-order valence-electron chi connectivity index (χ1n) is 7.00. The van der Waals surface area contributed by atoms with Gasteiger partial charge < -0.3 is 9.47 Å². The third-order valence-electron chi connectivity index (χ3n) is 3.42. The molecule has 1 heterocycles. The Balaban J connectivity index is 2.10. The molecule has 20 heavy (non-hydrogen) atoms. The molecule has 1 aliphatic heterocycles. The number of cyclic esters (lactones) is 1. The molecule has 0 saturated heterocycles. The lowest BCUT2D eigenvalue weighted by Gasteiger charge is -2.11. The standard InChI is InChI=1S/C16H20O4/c1-4-5-6-19-14(17)9-13-12-8-10(2)7-11(3)15(12)16(18)20-13/h7-8,13H,4-6,9H2,1-3H3. The van der Waals surface area contributed by atoms with Gasteiger partial charge in [-0.1, -0.05) is 31.0 Å². The average Bonchev–Trinajstić information content (AvgIpc) is 2.66. The van der Waals surface area contributed by atoms with Crippen LogP contribution in [0.1, 0.15) is 59.3 Å². The molecule has 4 heteroatoms. The van der Waals surface area contributed by atoms with Crippen molar-refractivity contribution in [2.45, 2.75) is 46.1 Å². The summed E-state index contributed by atoms with van der Waals surface area (Å²) in [6, 6.07) is 3.86. The van der Waals surface area contributed by atoms with Crippen molar-refractivity contribution in [3.8, 4) is 0 Å². The van der Waals surface area contributed by atoms with E-state index in [9.17, 15) is 9.59 Å². The number of benzene rings is 1. The number of carbonyl (C=O) groups is 2. The number of rotatable bonds is 5. The SMILES string of the molecule is CCCCOC(=O)CC1OC(=O)c2c(C)cc(C)cc21. The van der Waals surface area contributed by atoms with Crippen LogP contribution in [0.5, 0.6) is 0 Å². The summed E-state index contributed by atoms with van der Waals surface area (Å²) in [5, 5.41) is 0. The van der Waals surface area contributed by atoms with Gasteiger partial charge in [0.05, 0.1) is 18.6 Å². The predicted octanol–water partition coefficient (Wildman–Crippen LogP) is 3.25. The predicted molar refractivity (Wildman–Crippen MR) is 74.6 cm³/mol. The molecular formula is C16H20O4. The highest BCUT2D eigenvalue weighted by atomic mass is 16.6. The molecule has 1 aromatic carbocycles. The molecule has 1 unspecified atom stereocenters. The third-order valence-corrected chi connectivity index (χ3v) is 3.42. The summed E-state index contributed by atoms with van der Waals surface area (Å²) < 4.78 is 10.4. The normalized spacial score (nSPS) is 16.8. The molecule has 108 valence electrons. The van der Waals surface area contributed by atoms with Gasteiger partial charge in [-0.25, -0.2) is 4.79 Å². The zero-order chi connectivity index (χ0) is 14.7. The highest BCUT2D eigenvalue weighted by molar-refractivity contribution is 5.96. The van der Waals surface area contributed by atoms with Crippen LogP contribution in [0.3, 0.4) is 0 Å². The van der Waals surface area contributed by atoms with Gasteiger partial charge in [-0.15, -0.1) is 0 Å². The fraction of sp³-hybridized carbons (Fsp3) is 0.500. The first-order chi connectivity index (χ1) is 9.52. The maximum Gasteiger partial charge on any atom is 0.339 e. The second kappa shape index (κ2) is 6.07. The van der Waals surface area contributed by atoms with Gasteiger partial charge in [-0.05, 0) is 25.8 Å². The minimum atomic E-state index is -0.509. The quantitative estimate of drug-likeness (QED) is 0.612. The van der Waals surface area contributed by atoms with E-state index in [1.807, 2.05) is 32.9 Å². The van der Waals surface area contributed by atoms with Crippen LogP contribution in [-0.4, -0.2) is 18.5 Å². The topological polar surface area (TPSA) is 52.6 Å². The highest BCUT2D eigenvalue weighted by Crippen LogP contribution is 2.35. The Labute approximate surface area is 119 Å². The molecule has 0 N–H and O–H groups in total. The van der Waals surface area contributed by atoms with Crippen molar-refractivity contribution in [1.29, 1.82) is 0 Å². The summed E-state index contributed by atoms with van der Waals surface area (Å²) in [6.45, 7) is 6.31. The number of fused-ring (bicyclic) bond motifs is 1. The molecule has 1 aromatic rings. The Morgan fingerprint density at radius 2 is 2.10 bits per heavy atom. The van der Waals surface area contributed by atoms with E-state index in [0.717, 1.165) is 29.5 Å². The molecule has 0 fully saturated rings. The molecule has 0 aromatic heterocycles. The molecule has 1 atom stereocenters. The summed E-state index contributed by atoms with van der Waals surface area (Å²) in [5.41, 5.74) is 3.36. The number of aryl methyl sites for hydroxylation is 2. The highest BCUT2D eigenvalue weighted by Gasteiger charge is 2.34. The number of hydrogen-bond donors (Lipinski definition) is 0. The second-order valence-corrected chi connectivity index (χ2v) is 5.22. The molecule has 0 amide bonds. The van der Waals surface area contributed by atoms with Crippen molar-refractivity contribution >= 4 is 11.9 Å². The maximum absolute atomic E-state index is 11.9. The lowest BCUT2D eigenvalue weighted by atomic mass is 9.96. The van der Waals surface area contributed by atoms with E-state index in [1.165, 1.54) is 0 Å². The molecule has 0 saturated carbocycles. The molecule has 0 bridgehead atoms. The second-order valence-electron chi connectivity index (χ2n) is 5.22. The van der Waals surface area contributed by atoms with E-state index in [0.29, 0.717) is 12.2 Å². The van der Waals surface area contributed by atoms with Crippen molar-refractivity contribution < 1.29 is 19.1 Å². The van der Waals surface area contributed by atoms with Crippen LogP contribution in [-0.2, 0) is 14.3 Å². The van der Waals surface area contributed by atoms with E-state index in [4.69, 9.17) is 9.47 Å². The van der Waals surface area contributed by atoms with E-state index < -0.39 is 6.10 Å². The van der Waals surface area contributed by atoms with Crippen molar-refractivity contribution in [2.75, 3.05) is 6.61 Å². The minimum Gasteiger partial charge on any atom is -0.466 e. The fourth-order valence-corrected chi connectivity index (χ4v) is 2.48. The minimum absolute atomic E-state index is 0.0886. The van der Waals surface area contributed by atoms with Gasteiger partial charge in [0.2, 0.25) is 0 Å². The Bertz CT molecular complexity index is 534. The van der Waals surface area contributed by atoms with E-state index in [-0.39, 0.29) is 18.4 Å². The smallest absolute Gasteiger partial charge is 0.339 e. The van der Waals surface area contributed by atoms with Gasteiger partial charge in [0.1, 0.15) is 6.10 Å². The lowest BCUT2D eigenvalue weighted by Crippen LogP contribution is -2.11. The molecular weight excluding hydrogens is 256 g/mol. The van der Waals surface area contributed by atoms with Crippen LogP contribution in [0, 0.1) is 13.8 Å². The number of ether oxygens (including phenoxy) is 2. The van der Waals surface area contributed by atoms with E-state index >= 15 is 0 Å². The van der Waals surface area contributed by atoms with Crippen LogP contribution >= 0.6 is 0 Å². The average molecular weight is 276 g/mol. The van der Waals surface area contributed by atoms with Crippen LogP contribution in [0.15, 0.2) is 12.1 Å². The van der Waals surface area contributed by atoms with Gasteiger partial charge >= 0.3 is 11.9 Å². The Morgan fingerprint density at radius 3 is 2.80 bits per heavy atom. The van der Waals surface area contributed by atoms with Gasteiger partial charge in [-0.3, -0.25) is 4.79 Å². The van der Waals surface area contributed by atoms with Crippen molar-refractivity contribution in [3.63, 3.8) is 0 Å². The molecule has 0 spiro atoms. The Kier molecular flexibility index (Phi) is 4.42. The Morgan fingerprint density at radius 1 is 1.35 bits per heavy atom. The largest absolute Gasteiger partial charge is 0.466 e. The van der Waals surface area contributed by atoms with Crippen LogP contribution < -0.4 is 0 Å². The first-order valence-corrected chi connectivity index (χ1v) is 7.00. The van der Waals surface area contributed by atoms with Crippen LogP contribution in [0.25, 0.3) is 0 Å². The molecule has 4 nitrogen and oxygen atoms in total. The Hall–Kier alpha value is -1.84. The zero-order valence-electron chi connectivity index (χ0n) is 12.2. The van der Waals surface area contributed by atoms with Gasteiger partial charge in [0.25, 0.3) is 0 Å². The maximum atomic E-state index is 11.9. The number of unbranched alkanes of at least 4 members (excludes halogenated alkanes) is 1. The zero-order valence-corrected chi connectivity index (χ0v) is 12.2. The monoisotopic (exact) mass is 276 g/mol. The summed E-state index contributed by atoms with van der Waals surface area (Å²) in [4.78, 5) is 23.6. The van der Waals surface area contributed by atoms with Gasteiger partial charge in [-0.2, -0.15) is 0 Å². The fourth-order valence-electron chi connectivity index (χ4n) is 2.48. The summed E-state index contributed by atoms with van der Waals surface area (Å²) in [7, 11) is 0. The first kappa shape index (κ1) is 14.6. The summed E-state index contributed by atoms with van der Waals surface area (Å²) in [5.74, 6) is -0.660. The summed E-state index contributed by atoms with van der Waals surface area (Å²) in [6.07, 6.45) is 1.41.